The quantitative estimate of drug-likeness (QED) is 0.346. The highest BCUT2D eigenvalue weighted by atomic mass is 32.2. The van der Waals surface area contributed by atoms with Crippen LogP contribution in [0.1, 0.15) is 47.5 Å². The van der Waals surface area contributed by atoms with Crippen molar-refractivity contribution in [2.45, 2.75) is 50.5 Å². The molecule has 0 saturated heterocycles. The number of para-hydroxylation sites is 2. The molecule has 0 spiro atoms. The van der Waals surface area contributed by atoms with Gasteiger partial charge in [0.05, 0.1) is 21.5 Å². The van der Waals surface area contributed by atoms with Crippen molar-refractivity contribution in [3.05, 3.63) is 64.5 Å². The highest BCUT2D eigenvalue weighted by Gasteiger charge is 2.25. The molecule has 0 fully saturated rings. The molecule has 0 saturated carbocycles. The minimum Gasteiger partial charge on any atom is -0.338 e. The first-order chi connectivity index (χ1) is 16.3. The zero-order valence-corrected chi connectivity index (χ0v) is 20.6. The lowest BCUT2D eigenvalue weighted by Gasteiger charge is -2.12. The summed E-state index contributed by atoms with van der Waals surface area (Å²) in [5, 5.41) is 3.84. The van der Waals surface area contributed by atoms with E-state index >= 15 is 0 Å². The lowest BCUT2D eigenvalue weighted by Crippen LogP contribution is -2.30. The molecule has 2 aromatic heterocycles. The average Bonchev–Trinajstić information content (AvgIpc) is 3.38. The van der Waals surface area contributed by atoms with E-state index in [9.17, 15) is 13.2 Å². The number of thiophene rings is 1. The van der Waals surface area contributed by atoms with Crippen molar-refractivity contribution in [1.29, 1.82) is 0 Å². The van der Waals surface area contributed by atoms with Crippen molar-refractivity contribution in [2.75, 3.05) is 5.32 Å². The Balaban J connectivity index is 1.47. The smallest absolute Gasteiger partial charge is 0.256 e. The van der Waals surface area contributed by atoms with E-state index in [2.05, 4.69) is 15.0 Å². The predicted molar refractivity (Wildman–Crippen MR) is 136 cm³/mol. The normalized spacial score (nSPS) is 13.9. The molecule has 0 bridgehead atoms. The van der Waals surface area contributed by atoms with Crippen LogP contribution in [0.4, 0.5) is 5.00 Å². The van der Waals surface area contributed by atoms with Crippen LogP contribution in [0.2, 0.25) is 0 Å². The molecule has 176 valence electrons. The largest absolute Gasteiger partial charge is 0.338 e. The molecule has 2 heterocycles. The van der Waals surface area contributed by atoms with Crippen LogP contribution in [0, 0.1) is 0 Å². The van der Waals surface area contributed by atoms with Crippen molar-refractivity contribution in [1.82, 2.24) is 14.7 Å². The molecular formula is C25H26N4O3S2. The van der Waals surface area contributed by atoms with E-state index in [0.717, 1.165) is 53.1 Å². The Morgan fingerprint density at radius 3 is 2.53 bits per heavy atom. The zero-order valence-electron chi connectivity index (χ0n) is 19.0. The van der Waals surface area contributed by atoms with Gasteiger partial charge in [-0.1, -0.05) is 12.1 Å². The highest BCUT2D eigenvalue weighted by Crippen LogP contribution is 2.43. The summed E-state index contributed by atoms with van der Waals surface area (Å²) in [5.41, 5.74) is 4.46. The Morgan fingerprint density at radius 2 is 1.79 bits per heavy atom. The van der Waals surface area contributed by atoms with Gasteiger partial charge in [0.1, 0.15) is 10.8 Å². The number of carbonyl (C=O) groups is 1. The number of amides is 1. The molecule has 1 aliphatic rings. The lowest BCUT2D eigenvalue weighted by atomic mass is 9.95. The summed E-state index contributed by atoms with van der Waals surface area (Å²) >= 11 is 1.61. The summed E-state index contributed by atoms with van der Waals surface area (Å²) in [6.45, 7) is 3.53. The van der Waals surface area contributed by atoms with Crippen molar-refractivity contribution < 1.29 is 13.2 Å². The Hall–Kier alpha value is -3.01. The van der Waals surface area contributed by atoms with Gasteiger partial charge in [-0.05, 0) is 81.5 Å². The van der Waals surface area contributed by atoms with E-state index in [0.29, 0.717) is 5.56 Å². The van der Waals surface area contributed by atoms with Crippen LogP contribution in [0.25, 0.3) is 22.4 Å². The Morgan fingerprint density at radius 1 is 1.06 bits per heavy atom. The maximum Gasteiger partial charge on any atom is 0.256 e. The number of nitrogens with zero attached hydrogens (tertiary/aromatic N) is 1. The number of hydrogen-bond donors (Lipinski definition) is 3. The number of hydrogen-bond acceptors (Lipinski definition) is 5. The summed E-state index contributed by atoms with van der Waals surface area (Å²) in [6.07, 6.45) is 4.22. The summed E-state index contributed by atoms with van der Waals surface area (Å²) in [5.74, 6) is 0.480. The van der Waals surface area contributed by atoms with Gasteiger partial charge >= 0.3 is 0 Å². The topological polar surface area (TPSA) is 104 Å². The maximum absolute atomic E-state index is 13.1. The molecule has 7 nitrogen and oxygen atoms in total. The van der Waals surface area contributed by atoms with Crippen LogP contribution in [0.15, 0.2) is 53.4 Å². The van der Waals surface area contributed by atoms with E-state index in [1.54, 1.807) is 37.3 Å². The third-order valence-corrected chi connectivity index (χ3v) is 8.72. The number of aryl methyl sites for hydroxylation is 1. The predicted octanol–water partition coefficient (Wildman–Crippen LogP) is 5.11. The van der Waals surface area contributed by atoms with Crippen LogP contribution in [0.5, 0.6) is 0 Å². The molecule has 3 N–H and O–H groups in total. The number of rotatable bonds is 6. The molecule has 1 amide bonds. The number of fused-ring (bicyclic) bond motifs is 2. The van der Waals surface area contributed by atoms with Gasteiger partial charge in [-0.15, -0.1) is 11.3 Å². The molecule has 34 heavy (non-hydrogen) atoms. The first kappa shape index (κ1) is 22.8. The van der Waals surface area contributed by atoms with Crippen LogP contribution in [0.3, 0.4) is 0 Å². The maximum atomic E-state index is 13.1. The number of aromatic amines is 1. The van der Waals surface area contributed by atoms with E-state index in [4.69, 9.17) is 4.98 Å². The Bertz CT molecular complexity index is 1430. The average molecular weight is 495 g/mol. The second-order valence-corrected chi connectivity index (χ2v) is 11.6. The molecule has 4 aromatic rings. The SMILES string of the molecule is CC(C)NS(=O)(=O)c1ccc(C(=O)Nc2sc3c(c2-c2nc4ccccc4[nH]2)CCCC3)cc1. The first-order valence-electron chi connectivity index (χ1n) is 11.4. The van der Waals surface area contributed by atoms with Crippen molar-refractivity contribution >= 4 is 43.3 Å². The van der Waals surface area contributed by atoms with Crippen LogP contribution >= 0.6 is 11.3 Å². The van der Waals surface area contributed by atoms with Gasteiger partial charge in [0.2, 0.25) is 10.0 Å². The molecule has 0 radical (unpaired) electrons. The number of carbonyl (C=O) groups excluding carboxylic acids is 1. The van der Waals surface area contributed by atoms with Gasteiger partial charge in [0, 0.05) is 16.5 Å². The summed E-state index contributed by atoms with van der Waals surface area (Å²) in [6, 6.07) is 13.7. The molecule has 1 aliphatic carbocycles. The highest BCUT2D eigenvalue weighted by molar-refractivity contribution is 7.89. The molecular weight excluding hydrogens is 468 g/mol. The van der Waals surface area contributed by atoms with E-state index < -0.39 is 10.0 Å². The lowest BCUT2D eigenvalue weighted by molar-refractivity contribution is 0.102. The van der Waals surface area contributed by atoms with Crippen molar-refractivity contribution in [3.8, 4) is 11.4 Å². The Kier molecular flexibility index (Phi) is 6.01. The van der Waals surface area contributed by atoms with Gasteiger partial charge < -0.3 is 10.3 Å². The number of benzene rings is 2. The van der Waals surface area contributed by atoms with Crippen LogP contribution in [-0.2, 0) is 22.9 Å². The molecule has 0 atom stereocenters. The van der Waals surface area contributed by atoms with Crippen molar-refractivity contribution in [2.24, 2.45) is 0 Å². The Labute approximate surface area is 202 Å². The standard InChI is InChI=1S/C25H26N4O3S2/c1-15(2)29-34(31,32)17-13-11-16(12-14-17)24(30)28-25-22(18-7-3-6-10-21(18)33-25)23-26-19-8-4-5-9-20(19)27-23/h4-5,8-9,11-15,29H,3,6-7,10H2,1-2H3,(H,26,27)(H,28,30). The minimum atomic E-state index is -3.61. The van der Waals surface area contributed by atoms with E-state index in [-0.39, 0.29) is 16.8 Å². The summed E-state index contributed by atoms with van der Waals surface area (Å²) in [7, 11) is -3.61. The third-order valence-electron chi connectivity index (χ3n) is 5.84. The second-order valence-electron chi connectivity index (χ2n) is 8.77. The molecule has 9 heteroatoms. The number of H-pyrrole nitrogens is 1. The van der Waals surface area contributed by atoms with Crippen molar-refractivity contribution in [3.63, 3.8) is 0 Å². The fraction of sp³-hybridized carbons (Fsp3) is 0.280. The fourth-order valence-corrected chi connectivity index (χ4v) is 6.85. The molecule has 0 aliphatic heterocycles. The van der Waals surface area contributed by atoms with Crippen LogP contribution in [-0.4, -0.2) is 30.3 Å². The number of anilines is 1. The summed E-state index contributed by atoms with van der Waals surface area (Å²) in [4.78, 5) is 22.7. The van der Waals surface area contributed by atoms with Gasteiger partial charge in [0.25, 0.3) is 5.91 Å². The number of aromatic nitrogens is 2. The van der Waals surface area contributed by atoms with Gasteiger partial charge in [-0.25, -0.2) is 18.1 Å². The van der Waals surface area contributed by atoms with Gasteiger partial charge in [-0.2, -0.15) is 0 Å². The number of sulfonamides is 1. The van der Waals surface area contributed by atoms with Gasteiger partial charge in [-0.3, -0.25) is 4.79 Å². The fourth-order valence-electron chi connectivity index (χ4n) is 4.31. The number of nitrogens with one attached hydrogen (secondary N) is 3. The molecule has 0 unspecified atom stereocenters. The monoisotopic (exact) mass is 494 g/mol. The van der Waals surface area contributed by atoms with Gasteiger partial charge in [0.15, 0.2) is 0 Å². The minimum absolute atomic E-state index is 0.132. The third kappa shape index (κ3) is 4.38. The molecule has 2 aromatic carbocycles. The summed E-state index contributed by atoms with van der Waals surface area (Å²) < 4.78 is 27.3. The molecule has 5 rings (SSSR count). The van der Waals surface area contributed by atoms with Crippen LogP contribution < -0.4 is 10.0 Å². The van der Waals surface area contributed by atoms with E-state index in [1.165, 1.54) is 22.6 Å². The first-order valence-corrected chi connectivity index (χ1v) is 13.7. The number of imidazole rings is 1. The van der Waals surface area contributed by atoms with E-state index in [1.807, 2.05) is 24.3 Å². The zero-order chi connectivity index (χ0) is 23.9. The second kappa shape index (κ2) is 8.98.